The number of hydrogen-bond acceptors (Lipinski definition) is 3. The summed E-state index contributed by atoms with van der Waals surface area (Å²) in [5.41, 5.74) is 0.277. The molecule has 3 fully saturated rings. The van der Waals surface area contributed by atoms with E-state index >= 15 is 0 Å². The van der Waals surface area contributed by atoms with E-state index in [0.29, 0.717) is 18.3 Å². The Morgan fingerprint density at radius 1 is 1.13 bits per heavy atom. The molecule has 0 heterocycles. The second-order valence-electron chi connectivity index (χ2n) is 9.02. The molecule has 3 nitrogen and oxygen atoms in total. The summed E-state index contributed by atoms with van der Waals surface area (Å²) in [6, 6.07) is 0. The quantitative estimate of drug-likeness (QED) is 0.722. The summed E-state index contributed by atoms with van der Waals surface area (Å²) in [6.07, 6.45) is 9.59. The third kappa shape index (κ3) is 1.87. The van der Waals surface area contributed by atoms with Crippen LogP contribution in [-0.2, 0) is 4.79 Å². The number of carbonyl (C=O) groups is 1. The van der Waals surface area contributed by atoms with Gasteiger partial charge in [-0.25, -0.2) is 0 Å². The third-order valence-electron chi connectivity index (χ3n) is 8.14. The molecule has 0 amide bonds. The van der Waals surface area contributed by atoms with Crippen molar-refractivity contribution in [1.82, 2.24) is 0 Å². The summed E-state index contributed by atoms with van der Waals surface area (Å²) >= 11 is 0. The molecule has 0 unspecified atom stereocenters. The predicted octanol–water partition coefficient (Wildman–Crippen LogP) is 3.02. The molecule has 4 aliphatic carbocycles. The topological polar surface area (TPSA) is 57.5 Å². The van der Waals surface area contributed by atoms with Crippen LogP contribution in [-0.4, -0.2) is 27.7 Å². The van der Waals surface area contributed by atoms with E-state index in [1.807, 2.05) is 6.92 Å². The van der Waals surface area contributed by atoms with Gasteiger partial charge < -0.3 is 10.2 Å². The summed E-state index contributed by atoms with van der Waals surface area (Å²) in [7, 11) is 0. The van der Waals surface area contributed by atoms with Gasteiger partial charge in [0.1, 0.15) is 0 Å². The second kappa shape index (κ2) is 4.58. The van der Waals surface area contributed by atoms with Crippen molar-refractivity contribution in [2.24, 2.45) is 28.6 Å². The summed E-state index contributed by atoms with van der Waals surface area (Å²) in [5.74, 6) is 1.01. The van der Waals surface area contributed by atoms with E-state index in [2.05, 4.69) is 19.9 Å². The maximum atomic E-state index is 11.8. The number of hydrogen-bond donors (Lipinski definition) is 2. The number of aliphatic hydroxyl groups excluding tert-OH is 1. The minimum Gasteiger partial charge on any atom is -0.392 e. The molecule has 4 aliphatic rings. The van der Waals surface area contributed by atoms with E-state index in [1.165, 1.54) is 0 Å². The van der Waals surface area contributed by atoms with Crippen LogP contribution in [0.25, 0.3) is 0 Å². The zero-order valence-corrected chi connectivity index (χ0v) is 14.4. The second-order valence-corrected chi connectivity index (χ2v) is 9.02. The fraction of sp³-hybridized carbons (Fsp3) is 0.750. The van der Waals surface area contributed by atoms with Gasteiger partial charge in [-0.3, -0.25) is 4.79 Å². The van der Waals surface area contributed by atoms with Crippen LogP contribution in [0, 0.1) is 28.6 Å². The van der Waals surface area contributed by atoms with Gasteiger partial charge in [0.25, 0.3) is 0 Å². The maximum Gasteiger partial charge on any atom is 0.178 e. The molecular formula is C20H28O3. The number of ketones is 1. The van der Waals surface area contributed by atoms with Crippen LogP contribution in [0.5, 0.6) is 0 Å². The highest BCUT2D eigenvalue weighted by molar-refractivity contribution is 6.01. The Morgan fingerprint density at radius 2 is 1.83 bits per heavy atom. The van der Waals surface area contributed by atoms with Crippen LogP contribution in [0.4, 0.5) is 0 Å². The summed E-state index contributed by atoms with van der Waals surface area (Å²) < 4.78 is 0. The number of carbonyl (C=O) groups excluding carboxylic acids is 1. The van der Waals surface area contributed by atoms with Gasteiger partial charge in [-0.15, -0.1) is 0 Å². The van der Waals surface area contributed by atoms with Gasteiger partial charge >= 0.3 is 0 Å². The molecule has 0 saturated heterocycles. The van der Waals surface area contributed by atoms with Gasteiger partial charge in [-0.1, -0.05) is 25.5 Å². The average molecular weight is 316 g/mol. The molecule has 0 aromatic heterocycles. The summed E-state index contributed by atoms with van der Waals surface area (Å²) in [5, 5.41) is 21.8. The Balaban J connectivity index is 1.76. The lowest BCUT2D eigenvalue weighted by Gasteiger charge is -2.59. The van der Waals surface area contributed by atoms with Crippen LogP contribution in [0.1, 0.15) is 52.9 Å². The lowest BCUT2D eigenvalue weighted by molar-refractivity contribution is -0.139. The van der Waals surface area contributed by atoms with Gasteiger partial charge in [0.15, 0.2) is 5.78 Å². The molecule has 7 atom stereocenters. The van der Waals surface area contributed by atoms with E-state index < -0.39 is 11.7 Å². The van der Waals surface area contributed by atoms with Crippen LogP contribution in [0.2, 0.25) is 0 Å². The van der Waals surface area contributed by atoms with Crippen molar-refractivity contribution >= 4 is 5.78 Å². The Labute approximate surface area is 138 Å². The molecule has 0 spiro atoms. The van der Waals surface area contributed by atoms with Gasteiger partial charge in [0.05, 0.1) is 11.7 Å². The molecule has 4 rings (SSSR count). The number of rotatable bonds is 0. The molecule has 0 aliphatic heterocycles. The Morgan fingerprint density at radius 3 is 2.57 bits per heavy atom. The molecule has 2 N–H and O–H groups in total. The first-order valence-electron chi connectivity index (χ1n) is 9.04. The zero-order valence-electron chi connectivity index (χ0n) is 14.4. The van der Waals surface area contributed by atoms with Gasteiger partial charge in [0.2, 0.25) is 0 Å². The van der Waals surface area contributed by atoms with Gasteiger partial charge in [-0.2, -0.15) is 0 Å². The highest BCUT2D eigenvalue weighted by Gasteiger charge is 2.63. The minimum atomic E-state index is -0.627. The highest BCUT2D eigenvalue weighted by Crippen LogP contribution is 2.66. The molecule has 3 saturated carbocycles. The van der Waals surface area contributed by atoms with Crippen LogP contribution in [0.3, 0.4) is 0 Å². The standard InChI is InChI=1S/C20H28O3/c1-18-7-4-13(21)10-12(18)11-16(22)17-14(18)5-8-19(2)15(17)6-9-20(19,3)23/h4,7,10,14-17,22-23H,5-6,8-9,11H2,1-3H3/t14-,15-,16-,17+,18-,19-,20+/m0/s1. The molecule has 0 radical (unpaired) electrons. The number of fused-ring (bicyclic) bond motifs is 5. The van der Waals surface area contributed by atoms with E-state index in [-0.39, 0.29) is 22.5 Å². The van der Waals surface area contributed by atoms with Gasteiger partial charge in [-0.05, 0) is 74.3 Å². The van der Waals surface area contributed by atoms with Crippen LogP contribution in [0.15, 0.2) is 23.8 Å². The largest absolute Gasteiger partial charge is 0.392 e. The molecule has 0 aromatic carbocycles. The summed E-state index contributed by atoms with van der Waals surface area (Å²) in [4.78, 5) is 11.8. The number of allylic oxidation sites excluding steroid dienone is 3. The lowest BCUT2D eigenvalue weighted by atomic mass is 9.46. The van der Waals surface area contributed by atoms with Crippen molar-refractivity contribution in [2.75, 3.05) is 0 Å². The monoisotopic (exact) mass is 316 g/mol. The highest BCUT2D eigenvalue weighted by atomic mass is 16.3. The van der Waals surface area contributed by atoms with Crippen molar-refractivity contribution in [3.8, 4) is 0 Å². The van der Waals surface area contributed by atoms with Gasteiger partial charge in [0, 0.05) is 5.41 Å². The fourth-order valence-electron chi connectivity index (χ4n) is 6.42. The zero-order chi connectivity index (χ0) is 16.6. The van der Waals surface area contributed by atoms with Crippen LogP contribution >= 0.6 is 0 Å². The molecule has 126 valence electrons. The minimum absolute atomic E-state index is 0.0487. The molecule has 23 heavy (non-hydrogen) atoms. The van der Waals surface area contributed by atoms with E-state index in [0.717, 1.165) is 31.3 Å². The Bertz CT molecular complexity index is 616. The number of aliphatic hydroxyl groups is 2. The predicted molar refractivity (Wildman–Crippen MR) is 88.6 cm³/mol. The lowest BCUT2D eigenvalue weighted by Crippen LogP contribution is -2.57. The molecule has 0 aromatic rings. The molecule has 3 heteroatoms. The van der Waals surface area contributed by atoms with Crippen molar-refractivity contribution in [2.45, 2.75) is 64.6 Å². The van der Waals surface area contributed by atoms with E-state index in [9.17, 15) is 15.0 Å². The third-order valence-corrected chi connectivity index (χ3v) is 8.14. The molecular weight excluding hydrogens is 288 g/mol. The van der Waals surface area contributed by atoms with Crippen molar-refractivity contribution in [3.63, 3.8) is 0 Å². The van der Waals surface area contributed by atoms with E-state index in [1.54, 1.807) is 12.2 Å². The summed E-state index contributed by atoms with van der Waals surface area (Å²) in [6.45, 7) is 6.44. The van der Waals surface area contributed by atoms with E-state index in [4.69, 9.17) is 0 Å². The normalized spacial score (nSPS) is 55.0. The first-order chi connectivity index (χ1) is 10.7. The average Bonchev–Trinajstić information content (AvgIpc) is 2.72. The van der Waals surface area contributed by atoms with Crippen molar-refractivity contribution in [3.05, 3.63) is 23.8 Å². The van der Waals surface area contributed by atoms with Crippen LogP contribution < -0.4 is 0 Å². The van der Waals surface area contributed by atoms with Crippen molar-refractivity contribution in [1.29, 1.82) is 0 Å². The van der Waals surface area contributed by atoms with Crippen molar-refractivity contribution < 1.29 is 15.0 Å². The maximum absolute atomic E-state index is 11.8. The molecule has 0 bridgehead atoms. The first-order valence-corrected chi connectivity index (χ1v) is 9.04. The SMILES string of the molecule is C[C@]12C=CC(=O)C=C1C[C@H](O)[C@@H]1[C@@H]2CC[C@@]2(C)[C@H]1CC[C@@]2(C)O. The fourth-order valence-corrected chi connectivity index (χ4v) is 6.42. The Hall–Kier alpha value is -0.930. The smallest absolute Gasteiger partial charge is 0.178 e. The first kappa shape index (κ1) is 15.6. The Kier molecular flexibility index (Phi) is 3.10.